The van der Waals surface area contributed by atoms with Gasteiger partial charge in [-0.2, -0.15) is 0 Å². The lowest BCUT2D eigenvalue weighted by molar-refractivity contribution is -0.137. The molecule has 1 unspecified atom stereocenters. The normalized spacial score (nSPS) is 28.3. The van der Waals surface area contributed by atoms with Gasteiger partial charge in [0, 0.05) is 25.6 Å². The number of nitrogens with zero attached hydrogens (tertiary/aromatic N) is 2. The second kappa shape index (κ2) is 4.52. The average molecular weight is 210 g/mol. The Morgan fingerprint density at radius 3 is 2.53 bits per heavy atom. The van der Waals surface area contributed by atoms with Gasteiger partial charge in [0.1, 0.15) is 0 Å². The highest BCUT2D eigenvalue weighted by Gasteiger charge is 2.31. The molecule has 0 aliphatic carbocycles. The molecule has 86 valence electrons. The van der Waals surface area contributed by atoms with E-state index in [2.05, 4.69) is 18.7 Å². The van der Waals surface area contributed by atoms with Crippen LogP contribution in [0.5, 0.6) is 0 Å². The van der Waals surface area contributed by atoms with Crippen molar-refractivity contribution in [1.82, 2.24) is 9.80 Å². The maximum Gasteiger partial charge on any atom is 0.224 e. The molecule has 0 spiro atoms. The predicted molar refractivity (Wildman–Crippen MR) is 60.6 cm³/mol. The van der Waals surface area contributed by atoms with Gasteiger partial charge in [0.15, 0.2) is 0 Å². The Hall–Kier alpha value is -0.570. The lowest BCUT2D eigenvalue weighted by Crippen LogP contribution is -2.52. The molecule has 0 N–H and O–H groups in total. The predicted octanol–water partition coefficient (Wildman–Crippen LogP) is 1.34. The van der Waals surface area contributed by atoms with E-state index in [1.54, 1.807) is 0 Å². The van der Waals surface area contributed by atoms with Crippen molar-refractivity contribution >= 4 is 5.91 Å². The van der Waals surface area contributed by atoms with E-state index in [0.29, 0.717) is 17.9 Å². The molecule has 1 atom stereocenters. The molecule has 0 aromatic rings. The van der Waals surface area contributed by atoms with Crippen molar-refractivity contribution < 1.29 is 4.79 Å². The van der Waals surface area contributed by atoms with Gasteiger partial charge in [0.05, 0.1) is 0 Å². The fourth-order valence-corrected chi connectivity index (χ4v) is 2.51. The largest absolute Gasteiger partial charge is 0.342 e. The summed E-state index contributed by atoms with van der Waals surface area (Å²) in [6.07, 6.45) is 3.26. The first-order valence-electron chi connectivity index (χ1n) is 6.18. The second-order valence-electron chi connectivity index (χ2n) is 5.27. The summed E-state index contributed by atoms with van der Waals surface area (Å²) >= 11 is 0. The highest BCUT2D eigenvalue weighted by atomic mass is 16.2. The molecule has 3 nitrogen and oxygen atoms in total. The monoisotopic (exact) mass is 210 g/mol. The van der Waals surface area contributed by atoms with E-state index in [0.717, 1.165) is 19.5 Å². The Balaban J connectivity index is 1.82. The van der Waals surface area contributed by atoms with E-state index < -0.39 is 0 Å². The van der Waals surface area contributed by atoms with Crippen LogP contribution in [0.4, 0.5) is 0 Å². The molecular weight excluding hydrogens is 188 g/mol. The highest BCUT2D eigenvalue weighted by Crippen LogP contribution is 2.22. The minimum Gasteiger partial charge on any atom is -0.342 e. The van der Waals surface area contributed by atoms with Crippen molar-refractivity contribution in [2.45, 2.75) is 39.2 Å². The molecule has 2 fully saturated rings. The third-order valence-electron chi connectivity index (χ3n) is 3.49. The summed E-state index contributed by atoms with van der Waals surface area (Å²) in [6, 6.07) is 0.551. The Morgan fingerprint density at radius 1 is 1.33 bits per heavy atom. The van der Waals surface area contributed by atoms with E-state index in [1.165, 1.54) is 25.9 Å². The minimum atomic E-state index is 0.367. The molecule has 2 rings (SSSR count). The lowest BCUT2D eigenvalue weighted by atomic mass is 9.98. The third-order valence-corrected chi connectivity index (χ3v) is 3.49. The number of hydrogen-bond acceptors (Lipinski definition) is 2. The second-order valence-corrected chi connectivity index (χ2v) is 5.27. The molecule has 0 aromatic heterocycles. The van der Waals surface area contributed by atoms with Crippen molar-refractivity contribution in [1.29, 1.82) is 0 Å². The van der Waals surface area contributed by atoms with Gasteiger partial charge < -0.3 is 4.90 Å². The fourth-order valence-electron chi connectivity index (χ4n) is 2.51. The smallest absolute Gasteiger partial charge is 0.224 e. The van der Waals surface area contributed by atoms with Gasteiger partial charge in [-0.25, -0.2) is 0 Å². The van der Waals surface area contributed by atoms with Gasteiger partial charge in [-0.15, -0.1) is 0 Å². The molecule has 15 heavy (non-hydrogen) atoms. The van der Waals surface area contributed by atoms with E-state index in [9.17, 15) is 4.79 Å². The van der Waals surface area contributed by atoms with Gasteiger partial charge in [0.25, 0.3) is 0 Å². The Bertz CT molecular complexity index is 236. The first-order chi connectivity index (χ1) is 7.16. The molecule has 3 heteroatoms. The van der Waals surface area contributed by atoms with Crippen LogP contribution in [0.1, 0.15) is 33.1 Å². The van der Waals surface area contributed by atoms with Gasteiger partial charge in [-0.05, 0) is 31.8 Å². The van der Waals surface area contributed by atoms with Gasteiger partial charge in [-0.1, -0.05) is 13.8 Å². The number of likely N-dealkylation sites (tertiary alicyclic amines) is 2. The molecule has 0 aromatic carbocycles. The quantitative estimate of drug-likeness (QED) is 0.702. The summed E-state index contributed by atoms with van der Waals surface area (Å²) < 4.78 is 0. The number of amides is 1. The standard InChI is InChI=1S/C12H22N2O/c1-10(2)9-14-7-4-11(8-12(14)15)13-5-3-6-13/h10-11H,3-9H2,1-2H3. The summed E-state index contributed by atoms with van der Waals surface area (Å²) in [7, 11) is 0. The summed E-state index contributed by atoms with van der Waals surface area (Å²) in [5.74, 6) is 0.960. The van der Waals surface area contributed by atoms with Crippen LogP contribution in [0, 0.1) is 5.92 Å². The van der Waals surface area contributed by atoms with Crippen LogP contribution in [0.25, 0.3) is 0 Å². The SMILES string of the molecule is CC(C)CN1CCC(N2CCC2)CC1=O. The molecule has 2 heterocycles. The average Bonchev–Trinajstić information content (AvgIpc) is 2.06. The Kier molecular flexibility index (Phi) is 3.29. The molecule has 2 aliphatic heterocycles. The highest BCUT2D eigenvalue weighted by molar-refractivity contribution is 5.77. The molecule has 1 amide bonds. The maximum absolute atomic E-state index is 11.9. The van der Waals surface area contributed by atoms with Crippen molar-refractivity contribution in [3.8, 4) is 0 Å². The fraction of sp³-hybridized carbons (Fsp3) is 0.917. The first-order valence-corrected chi connectivity index (χ1v) is 6.18. The van der Waals surface area contributed by atoms with Crippen molar-refractivity contribution in [2.24, 2.45) is 5.92 Å². The molecule has 2 aliphatic rings. The van der Waals surface area contributed by atoms with Crippen LogP contribution in [-0.4, -0.2) is 47.9 Å². The van der Waals surface area contributed by atoms with Crippen LogP contribution < -0.4 is 0 Å². The molecule has 0 bridgehead atoms. The van der Waals surface area contributed by atoms with E-state index in [-0.39, 0.29) is 0 Å². The summed E-state index contributed by atoms with van der Waals surface area (Å²) in [5.41, 5.74) is 0. The van der Waals surface area contributed by atoms with Crippen molar-refractivity contribution in [3.05, 3.63) is 0 Å². The minimum absolute atomic E-state index is 0.367. The molecular formula is C12H22N2O. The van der Waals surface area contributed by atoms with Crippen LogP contribution >= 0.6 is 0 Å². The van der Waals surface area contributed by atoms with E-state index in [1.807, 2.05) is 4.90 Å². The first kappa shape index (κ1) is 10.9. The zero-order chi connectivity index (χ0) is 10.8. The van der Waals surface area contributed by atoms with Crippen LogP contribution in [-0.2, 0) is 4.79 Å². The van der Waals surface area contributed by atoms with Gasteiger partial charge in [-0.3, -0.25) is 9.69 Å². The number of carbonyl (C=O) groups excluding carboxylic acids is 1. The lowest BCUT2D eigenvalue weighted by Gasteiger charge is -2.42. The van der Waals surface area contributed by atoms with Crippen LogP contribution in [0.3, 0.4) is 0 Å². The van der Waals surface area contributed by atoms with Crippen molar-refractivity contribution in [3.63, 3.8) is 0 Å². The number of rotatable bonds is 3. The topological polar surface area (TPSA) is 23.6 Å². The maximum atomic E-state index is 11.9. The molecule has 2 saturated heterocycles. The zero-order valence-corrected chi connectivity index (χ0v) is 9.91. The summed E-state index contributed by atoms with van der Waals surface area (Å²) in [6.45, 7) is 8.68. The number of hydrogen-bond donors (Lipinski definition) is 0. The molecule has 0 radical (unpaired) electrons. The Labute approximate surface area is 92.4 Å². The van der Waals surface area contributed by atoms with E-state index >= 15 is 0 Å². The van der Waals surface area contributed by atoms with Crippen molar-refractivity contribution in [2.75, 3.05) is 26.2 Å². The number of carbonyl (C=O) groups is 1. The van der Waals surface area contributed by atoms with Crippen LogP contribution in [0.15, 0.2) is 0 Å². The van der Waals surface area contributed by atoms with Gasteiger partial charge in [0.2, 0.25) is 5.91 Å². The summed E-state index contributed by atoms with van der Waals surface area (Å²) in [4.78, 5) is 16.4. The Morgan fingerprint density at radius 2 is 2.07 bits per heavy atom. The van der Waals surface area contributed by atoms with Crippen LogP contribution in [0.2, 0.25) is 0 Å². The van der Waals surface area contributed by atoms with E-state index in [4.69, 9.17) is 0 Å². The summed E-state index contributed by atoms with van der Waals surface area (Å²) in [5, 5.41) is 0. The molecule has 0 saturated carbocycles. The van der Waals surface area contributed by atoms with Gasteiger partial charge >= 0.3 is 0 Å². The third kappa shape index (κ3) is 2.51. The zero-order valence-electron chi connectivity index (χ0n) is 9.91. The number of piperidine rings is 1.